The zero-order chi connectivity index (χ0) is 13.2. The molecule has 0 fully saturated rings. The number of nitrogens with zero attached hydrogens (tertiary/aromatic N) is 1. The summed E-state index contributed by atoms with van der Waals surface area (Å²) in [5.74, 6) is 1.91. The number of aromatic nitrogens is 2. The van der Waals surface area contributed by atoms with Crippen molar-refractivity contribution in [3.8, 4) is 17.0 Å². The average molecular weight is 272 g/mol. The molecule has 1 N–H and O–H groups in total. The quantitative estimate of drug-likeness (QED) is 0.847. The molecule has 1 aromatic heterocycles. The zero-order valence-electron chi connectivity index (χ0n) is 10.9. The van der Waals surface area contributed by atoms with Crippen molar-refractivity contribution in [1.82, 2.24) is 9.97 Å². The van der Waals surface area contributed by atoms with Gasteiger partial charge in [0, 0.05) is 12.0 Å². The molecular weight excluding hydrogens is 256 g/mol. The number of rotatable bonds is 2. The highest BCUT2D eigenvalue weighted by atomic mass is 32.1. The van der Waals surface area contributed by atoms with Crippen LogP contribution in [0.25, 0.3) is 11.3 Å². The highest BCUT2D eigenvalue weighted by Crippen LogP contribution is 2.35. The molecule has 4 heteroatoms. The van der Waals surface area contributed by atoms with E-state index in [-0.39, 0.29) is 0 Å². The van der Waals surface area contributed by atoms with Crippen molar-refractivity contribution < 1.29 is 4.74 Å². The average Bonchev–Trinajstić information content (AvgIpc) is 2.46. The number of aryl methyl sites for hydroxylation is 2. The van der Waals surface area contributed by atoms with Crippen LogP contribution < -0.4 is 4.74 Å². The second-order valence-corrected chi connectivity index (χ2v) is 5.10. The molecule has 19 heavy (non-hydrogen) atoms. The van der Waals surface area contributed by atoms with Crippen LogP contribution in [0.15, 0.2) is 24.3 Å². The van der Waals surface area contributed by atoms with Crippen molar-refractivity contribution in [1.29, 1.82) is 0 Å². The number of ether oxygens (including phenoxy) is 1. The largest absolute Gasteiger partial charge is 0.493 e. The van der Waals surface area contributed by atoms with E-state index in [1.54, 1.807) is 0 Å². The van der Waals surface area contributed by atoms with Crippen LogP contribution in [-0.4, -0.2) is 16.6 Å². The topological polar surface area (TPSA) is 37.9 Å². The molecule has 0 unspecified atom stereocenters. The molecule has 98 valence electrons. The fraction of sp³-hybridized carbons (Fsp3) is 0.333. The predicted octanol–water partition coefficient (Wildman–Crippen LogP) is 3.69. The normalized spacial score (nSPS) is 13.7. The Morgan fingerprint density at radius 1 is 1.42 bits per heavy atom. The second kappa shape index (κ2) is 5.13. The van der Waals surface area contributed by atoms with E-state index >= 15 is 0 Å². The molecule has 1 aromatic carbocycles. The van der Waals surface area contributed by atoms with E-state index in [1.807, 2.05) is 6.07 Å². The van der Waals surface area contributed by atoms with Gasteiger partial charge in [0.15, 0.2) is 0 Å². The molecule has 0 radical (unpaired) electrons. The smallest absolute Gasteiger partial charge is 0.131 e. The maximum Gasteiger partial charge on any atom is 0.131 e. The van der Waals surface area contributed by atoms with Crippen molar-refractivity contribution in [3.05, 3.63) is 40.3 Å². The van der Waals surface area contributed by atoms with E-state index in [0.29, 0.717) is 4.64 Å². The first-order chi connectivity index (χ1) is 9.28. The summed E-state index contributed by atoms with van der Waals surface area (Å²) in [5.41, 5.74) is 3.36. The molecule has 0 amide bonds. The van der Waals surface area contributed by atoms with Crippen molar-refractivity contribution in [2.75, 3.05) is 6.61 Å². The molecule has 1 aliphatic heterocycles. The Balaban J connectivity index is 2.17. The number of aromatic amines is 1. The third-order valence-electron chi connectivity index (χ3n) is 3.35. The number of hydrogen-bond acceptors (Lipinski definition) is 3. The number of fused-ring (bicyclic) bond motifs is 1. The molecule has 0 saturated carbocycles. The zero-order valence-corrected chi connectivity index (χ0v) is 11.7. The van der Waals surface area contributed by atoms with Gasteiger partial charge in [-0.25, -0.2) is 4.98 Å². The lowest BCUT2D eigenvalue weighted by atomic mass is 10.0. The number of hydrogen-bond donors (Lipinski definition) is 1. The molecule has 3 rings (SSSR count). The first-order valence-electron chi connectivity index (χ1n) is 6.63. The molecular formula is C15H16N2OS. The molecule has 0 spiro atoms. The Morgan fingerprint density at radius 3 is 3.16 bits per heavy atom. The summed E-state index contributed by atoms with van der Waals surface area (Å²) in [6, 6.07) is 8.19. The first-order valence-corrected chi connectivity index (χ1v) is 7.04. The number of para-hydroxylation sites is 1. The number of benzene rings is 1. The summed E-state index contributed by atoms with van der Waals surface area (Å²) < 4.78 is 6.47. The van der Waals surface area contributed by atoms with Crippen LogP contribution in [0.1, 0.15) is 24.7 Å². The van der Waals surface area contributed by atoms with Crippen LogP contribution in [0.3, 0.4) is 0 Å². The summed E-state index contributed by atoms with van der Waals surface area (Å²) in [4.78, 5) is 7.65. The minimum atomic E-state index is 0.624. The highest BCUT2D eigenvalue weighted by molar-refractivity contribution is 7.71. The van der Waals surface area contributed by atoms with E-state index in [1.165, 1.54) is 5.56 Å². The number of nitrogens with one attached hydrogen (secondary N) is 1. The fourth-order valence-electron chi connectivity index (χ4n) is 2.42. The first kappa shape index (κ1) is 12.4. The Hall–Kier alpha value is -1.68. The van der Waals surface area contributed by atoms with Crippen molar-refractivity contribution in [2.24, 2.45) is 0 Å². The van der Waals surface area contributed by atoms with E-state index in [0.717, 1.165) is 48.7 Å². The third kappa shape index (κ3) is 2.40. The lowest BCUT2D eigenvalue weighted by Gasteiger charge is -2.20. The summed E-state index contributed by atoms with van der Waals surface area (Å²) in [6.07, 6.45) is 3.01. The number of H-pyrrole nitrogens is 1. The van der Waals surface area contributed by atoms with E-state index < -0.39 is 0 Å². The highest BCUT2D eigenvalue weighted by Gasteiger charge is 2.16. The Bertz CT molecular complexity index is 663. The van der Waals surface area contributed by atoms with Gasteiger partial charge in [0.25, 0.3) is 0 Å². The molecule has 0 saturated heterocycles. The van der Waals surface area contributed by atoms with Crippen LogP contribution in [0.5, 0.6) is 5.75 Å². The maximum absolute atomic E-state index is 5.85. The maximum atomic E-state index is 5.85. The van der Waals surface area contributed by atoms with Crippen molar-refractivity contribution in [3.63, 3.8) is 0 Å². The van der Waals surface area contributed by atoms with Gasteiger partial charge < -0.3 is 9.72 Å². The molecule has 0 atom stereocenters. The van der Waals surface area contributed by atoms with Crippen molar-refractivity contribution in [2.45, 2.75) is 26.2 Å². The second-order valence-electron chi connectivity index (χ2n) is 4.68. The minimum Gasteiger partial charge on any atom is -0.493 e. The Morgan fingerprint density at radius 2 is 2.32 bits per heavy atom. The van der Waals surface area contributed by atoms with Gasteiger partial charge in [-0.3, -0.25) is 0 Å². The van der Waals surface area contributed by atoms with Crippen LogP contribution in [-0.2, 0) is 12.8 Å². The van der Waals surface area contributed by atoms with E-state index in [9.17, 15) is 0 Å². The van der Waals surface area contributed by atoms with E-state index in [4.69, 9.17) is 17.0 Å². The van der Waals surface area contributed by atoms with Gasteiger partial charge in [0.2, 0.25) is 0 Å². The minimum absolute atomic E-state index is 0.624. The SMILES string of the molecule is CCc1nc(=S)cc(-c2cccc3c2OCCC3)[nH]1. The van der Waals surface area contributed by atoms with Gasteiger partial charge in [-0.05, 0) is 30.5 Å². The summed E-state index contributed by atoms with van der Waals surface area (Å²) in [6.45, 7) is 2.85. The fourth-order valence-corrected chi connectivity index (χ4v) is 2.65. The van der Waals surface area contributed by atoms with Gasteiger partial charge in [0.1, 0.15) is 16.2 Å². The molecule has 3 nitrogen and oxygen atoms in total. The molecule has 0 aliphatic carbocycles. The molecule has 2 aromatic rings. The van der Waals surface area contributed by atoms with Gasteiger partial charge in [-0.1, -0.05) is 31.3 Å². The molecule has 1 aliphatic rings. The Labute approximate surface area is 117 Å². The predicted molar refractivity (Wildman–Crippen MR) is 78.1 cm³/mol. The standard InChI is InChI=1S/C15H16N2OS/c1-2-13-16-12(9-14(19)17-13)11-7-3-5-10-6-4-8-18-15(10)11/h3,5,7,9H,2,4,6,8H2,1H3,(H,16,17,19). The van der Waals surface area contributed by atoms with Gasteiger partial charge >= 0.3 is 0 Å². The summed E-state index contributed by atoms with van der Waals surface area (Å²) in [7, 11) is 0. The van der Waals surface area contributed by atoms with Crippen molar-refractivity contribution >= 4 is 12.2 Å². The molecule has 0 bridgehead atoms. The van der Waals surface area contributed by atoms with Crippen LogP contribution in [0.4, 0.5) is 0 Å². The molecule has 2 heterocycles. The lowest BCUT2D eigenvalue weighted by Crippen LogP contribution is -2.09. The van der Waals surface area contributed by atoms with Crippen LogP contribution in [0, 0.1) is 4.64 Å². The van der Waals surface area contributed by atoms with Crippen LogP contribution in [0.2, 0.25) is 0 Å². The third-order valence-corrected chi connectivity index (χ3v) is 3.56. The van der Waals surface area contributed by atoms with E-state index in [2.05, 4.69) is 35.1 Å². The van der Waals surface area contributed by atoms with Crippen LogP contribution >= 0.6 is 12.2 Å². The Kier molecular flexibility index (Phi) is 3.34. The van der Waals surface area contributed by atoms with Gasteiger partial charge in [-0.2, -0.15) is 0 Å². The summed E-state index contributed by atoms with van der Waals surface area (Å²) in [5, 5.41) is 0. The van der Waals surface area contributed by atoms with Gasteiger partial charge in [-0.15, -0.1) is 0 Å². The summed E-state index contributed by atoms with van der Waals surface area (Å²) >= 11 is 5.24. The monoisotopic (exact) mass is 272 g/mol. The van der Waals surface area contributed by atoms with Gasteiger partial charge in [0.05, 0.1) is 12.3 Å². The lowest BCUT2D eigenvalue weighted by molar-refractivity contribution is 0.289.